The monoisotopic (exact) mass is 446 g/mol. The van der Waals surface area contributed by atoms with Crippen LogP contribution in [0.2, 0.25) is 0 Å². The van der Waals surface area contributed by atoms with Crippen molar-refractivity contribution >= 4 is 45.3 Å². The molecule has 30 heavy (non-hydrogen) atoms. The highest BCUT2D eigenvalue weighted by Crippen LogP contribution is 2.39. The summed E-state index contributed by atoms with van der Waals surface area (Å²) >= 11 is 7.19. The van der Waals surface area contributed by atoms with E-state index in [-0.39, 0.29) is 11.4 Å². The Morgan fingerprint density at radius 3 is 2.60 bits per heavy atom. The Morgan fingerprint density at radius 1 is 1.20 bits per heavy atom. The predicted octanol–water partition coefficient (Wildman–Crippen LogP) is 5.92. The van der Waals surface area contributed by atoms with Crippen LogP contribution < -0.4 is 15.4 Å². The lowest BCUT2D eigenvalue weighted by Gasteiger charge is -2.22. The van der Waals surface area contributed by atoms with Crippen molar-refractivity contribution in [3.8, 4) is 5.75 Å². The smallest absolute Gasteiger partial charge is 0.341 e. The summed E-state index contributed by atoms with van der Waals surface area (Å²) in [5.41, 5.74) is 3.72. The third-order valence-corrected chi connectivity index (χ3v) is 6.60. The Kier molecular flexibility index (Phi) is 7.03. The van der Waals surface area contributed by atoms with Crippen LogP contribution in [0.15, 0.2) is 18.2 Å². The van der Waals surface area contributed by atoms with Crippen LogP contribution in [0, 0.1) is 0 Å². The number of rotatable bonds is 5. The molecule has 0 unspecified atom stereocenters. The third-order valence-electron chi connectivity index (χ3n) is 5.19. The van der Waals surface area contributed by atoms with E-state index in [1.54, 1.807) is 18.4 Å². The summed E-state index contributed by atoms with van der Waals surface area (Å²) in [5, 5.41) is 7.67. The highest BCUT2D eigenvalue weighted by Gasteiger charge is 2.27. The van der Waals surface area contributed by atoms with Crippen LogP contribution in [0.1, 0.15) is 66.9 Å². The van der Waals surface area contributed by atoms with Crippen LogP contribution in [0.25, 0.3) is 0 Å². The number of methoxy groups -OCH3 is 1. The van der Waals surface area contributed by atoms with Crippen molar-refractivity contribution in [1.29, 1.82) is 0 Å². The lowest BCUT2D eigenvalue weighted by Crippen LogP contribution is -2.21. The zero-order valence-corrected chi connectivity index (χ0v) is 19.9. The largest absolute Gasteiger partial charge is 0.495 e. The second kappa shape index (κ2) is 9.35. The van der Waals surface area contributed by atoms with Gasteiger partial charge >= 0.3 is 5.97 Å². The molecule has 1 aromatic carbocycles. The van der Waals surface area contributed by atoms with E-state index in [1.807, 2.05) is 13.0 Å². The summed E-state index contributed by atoms with van der Waals surface area (Å²) < 4.78 is 10.8. The van der Waals surface area contributed by atoms with Gasteiger partial charge < -0.3 is 20.1 Å². The van der Waals surface area contributed by atoms with Gasteiger partial charge in [-0.25, -0.2) is 4.79 Å². The maximum absolute atomic E-state index is 12.7. The first-order valence-electron chi connectivity index (χ1n) is 10.3. The minimum absolute atomic E-state index is 0.00162. The highest BCUT2D eigenvalue weighted by molar-refractivity contribution is 7.80. The molecule has 1 aliphatic carbocycles. The van der Waals surface area contributed by atoms with E-state index in [4.69, 9.17) is 21.7 Å². The second-order valence-electron chi connectivity index (χ2n) is 8.38. The fraction of sp³-hybridized carbons (Fsp3) is 0.478. The topological polar surface area (TPSA) is 59.6 Å². The molecule has 162 valence electrons. The Balaban J connectivity index is 1.87. The van der Waals surface area contributed by atoms with Crippen molar-refractivity contribution < 1.29 is 14.3 Å². The van der Waals surface area contributed by atoms with Crippen molar-refractivity contribution in [3.05, 3.63) is 39.8 Å². The van der Waals surface area contributed by atoms with Crippen molar-refractivity contribution in [3.63, 3.8) is 0 Å². The molecule has 1 heterocycles. The Hall–Kier alpha value is -2.12. The van der Waals surface area contributed by atoms with Crippen LogP contribution in [0.3, 0.4) is 0 Å². The van der Waals surface area contributed by atoms with Crippen molar-refractivity contribution in [2.45, 2.75) is 58.8 Å². The van der Waals surface area contributed by atoms with Crippen molar-refractivity contribution in [2.24, 2.45) is 0 Å². The molecule has 2 N–H and O–H groups in total. The Bertz CT molecular complexity index is 945. The number of fused-ring (bicyclic) bond motifs is 1. The van der Waals surface area contributed by atoms with Gasteiger partial charge in [0.2, 0.25) is 0 Å². The van der Waals surface area contributed by atoms with Gasteiger partial charge in [-0.3, -0.25) is 0 Å². The summed E-state index contributed by atoms with van der Waals surface area (Å²) in [6.45, 7) is 8.66. The predicted molar refractivity (Wildman–Crippen MR) is 128 cm³/mol. The fourth-order valence-corrected chi connectivity index (χ4v) is 5.16. The Morgan fingerprint density at radius 2 is 1.93 bits per heavy atom. The molecule has 3 rings (SSSR count). The molecule has 0 aliphatic heterocycles. The number of aryl methyl sites for hydroxylation is 1. The van der Waals surface area contributed by atoms with Gasteiger partial charge in [0, 0.05) is 4.88 Å². The van der Waals surface area contributed by atoms with E-state index >= 15 is 0 Å². The summed E-state index contributed by atoms with van der Waals surface area (Å²) in [6.07, 6.45) is 4.14. The number of nitrogens with one attached hydrogen (secondary N) is 2. The summed E-state index contributed by atoms with van der Waals surface area (Å²) in [7, 11) is 1.64. The number of carbonyl (C=O) groups excluding carboxylic acids is 1. The highest BCUT2D eigenvalue weighted by atomic mass is 32.1. The number of hydrogen-bond acceptors (Lipinski definition) is 5. The third kappa shape index (κ3) is 4.95. The zero-order valence-electron chi connectivity index (χ0n) is 18.3. The van der Waals surface area contributed by atoms with Gasteiger partial charge in [-0.05, 0) is 73.5 Å². The molecular weight excluding hydrogens is 416 g/mol. The number of esters is 1. The number of hydrogen-bond donors (Lipinski definition) is 2. The van der Waals surface area contributed by atoms with E-state index in [2.05, 4.69) is 43.5 Å². The molecule has 1 aromatic heterocycles. The van der Waals surface area contributed by atoms with E-state index < -0.39 is 0 Å². The number of thiocarbonyl (C=S) groups is 1. The quantitative estimate of drug-likeness (QED) is 0.439. The minimum Gasteiger partial charge on any atom is -0.495 e. The first kappa shape index (κ1) is 22.6. The first-order valence-corrected chi connectivity index (χ1v) is 11.5. The molecule has 0 fully saturated rings. The van der Waals surface area contributed by atoms with E-state index in [1.165, 1.54) is 10.4 Å². The molecule has 0 saturated heterocycles. The number of thiophene rings is 1. The normalized spacial score (nSPS) is 13.4. The van der Waals surface area contributed by atoms with Gasteiger partial charge in [-0.2, -0.15) is 0 Å². The lowest BCUT2D eigenvalue weighted by atomic mass is 9.87. The molecule has 7 heteroatoms. The van der Waals surface area contributed by atoms with Gasteiger partial charge in [-0.1, -0.05) is 26.8 Å². The average molecular weight is 447 g/mol. The Labute approximate surface area is 188 Å². The molecule has 1 aliphatic rings. The van der Waals surface area contributed by atoms with E-state index in [9.17, 15) is 4.79 Å². The molecule has 2 aromatic rings. The maximum Gasteiger partial charge on any atom is 0.341 e. The first-order chi connectivity index (χ1) is 14.2. The van der Waals surface area contributed by atoms with Gasteiger partial charge in [0.25, 0.3) is 0 Å². The average Bonchev–Trinajstić information content (AvgIpc) is 3.05. The standard InChI is InChI=1S/C23H30N2O3S2/c1-6-28-21(26)19-15-9-7-8-10-18(15)30-20(19)25-22(29)24-16-13-14(23(2,3)4)11-12-17(16)27-5/h11-13H,6-10H2,1-5H3,(H2,24,25,29). The van der Waals surface area contributed by atoms with Gasteiger partial charge in [0.05, 0.1) is 25.0 Å². The number of benzene rings is 1. The van der Waals surface area contributed by atoms with Crippen LogP contribution in [0.5, 0.6) is 5.75 Å². The van der Waals surface area contributed by atoms with Gasteiger partial charge in [-0.15, -0.1) is 11.3 Å². The minimum atomic E-state index is -0.283. The van der Waals surface area contributed by atoms with Gasteiger partial charge in [0.1, 0.15) is 10.8 Å². The molecule has 5 nitrogen and oxygen atoms in total. The fourth-order valence-electron chi connectivity index (χ4n) is 3.60. The lowest BCUT2D eigenvalue weighted by molar-refractivity contribution is 0.0526. The van der Waals surface area contributed by atoms with E-state index in [0.717, 1.165) is 41.9 Å². The zero-order chi connectivity index (χ0) is 21.9. The second-order valence-corrected chi connectivity index (χ2v) is 9.89. The molecule has 0 bridgehead atoms. The molecule has 0 radical (unpaired) electrons. The molecular formula is C23H30N2O3S2. The van der Waals surface area contributed by atoms with E-state index in [0.29, 0.717) is 23.0 Å². The number of ether oxygens (including phenoxy) is 2. The maximum atomic E-state index is 12.7. The SMILES string of the molecule is CCOC(=O)c1c(NC(=S)Nc2cc(C(C)(C)C)ccc2OC)sc2c1CCCC2. The van der Waals surface area contributed by atoms with Crippen LogP contribution in [0.4, 0.5) is 10.7 Å². The summed E-state index contributed by atoms with van der Waals surface area (Å²) in [6, 6.07) is 6.06. The van der Waals surface area contributed by atoms with Crippen LogP contribution in [-0.4, -0.2) is 24.8 Å². The molecule has 0 spiro atoms. The van der Waals surface area contributed by atoms with Crippen LogP contribution >= 0.6 is 23.6 Å². The molecule has 0 amide bonds. The van der Waals surface area contributed by atoms with Crippen molar-refractivity contribution in [1.82, 2.24) is 0 Å². The van der Waals surface area contributed by atoms with Crippen LogP contribution in [-0.2, 0) is 23.0 Å². The summed E-state index contributed by atoms with van der Waals surface area (Å²) in [4.78, 5) is 13.9. The van der Waals surface area contributed by atoms with Gasteiger partial charge in [0.15, 0.2) is 5.11 Å². The van der Waals surface area contributed by atoms with Crippen molar-refractivity contribution in [2.75, 3.05) is 24.4 Å². The number of anilines is 2. The molecule has 0 atom stereocenters. The summed E-state index contributed by atoms with van der Waals surface area (Å²) in [5.74, 6) is 0.428. The molecule has 0 saturated carbocycles. The number of carbonyl (C=O) groups is 1.